The minimum absolute atomic E-state index is 0.0729. The molecule has 1 aromatic carbocycles. The van der Waals surface area contributed by atoms with Gasteiger partial charge in [-0.25, -0.2) is 0 Å². The summed E-state index contributed by atoms with van der Waals surface area (Å²) in [4.78, 5) is 34.8. The monoisotopic (exact) mass is 321 g/mol. The summed E-state index contributed by atoms with van der Waals surface area (Å²) >= 11 is 0. The fourth-order valence-electron chi connectivity index (χ4n) is 2.00. The van der Waals surface area contributed by atoms with Crippen LogP contribution < -0.4 is 10.1 Å². The summed E-state index contributed by atoms with van der Waals surface area (Å²) in [5.41, 5.74) is 1.15. The Morgan fingerprint density at radius 2 is 1.91 bits per heavy atom. The Labute approximate surface area is 136 Å². The number of carbonyl (C=O) groups is 3. The number of hydrogen-bond donors (Lipinski definition) is 1. The number of esters is 1. The molecule has 0 saturated carbocycles. The van der Waals surface area contributed by atoms with Crippen molar-refractivity contribution in [1.29, 1.82) is 0 Å². The molecule has 126 valence electrons. The van der Waals surface area contributed by atoms with Gasteiger partial charge in [-0.1, -0.05) is 0 Å². The predicted molar refractivity (Wildman–Crippen MR) is 85.6 cm³/mol. The van der Waals surface area contributed by atoms with Gasteiger partial charge in [0, 0.05) is 17.7 Å². The number of rotatable bonds is 8. The number of ether oxygens (including phenoxy) is 2. The third-order valence-electron chi connectivity index (χ3n) is 3.06. The standard InChI is InChI=1S/C17H23NO5/c1-11(2)23-17(21)7-8-18-16(20)10-14-9-13(12(3)19)5-6-15(14)22-4/h5-6,9,11H,7-8,10H2,1-4H3,(H,18,20). The summed E-state index contributed by atoms with van der Waals surface area (Å²) in [6.45, 7) is 5.21. The van der Waals surface area contributed by atoms with E-state index >= 15 is 0 Å². The molecular weight excluding hydrogens is 298 g/mol. The summed E-state index contributed by atoms with van der Waals surface area (Å²) < 4.78 is 10.2. The van der Waals surface area contributed by atoms with Crippen LogP contribution in [0.5, 0.6) is 5.75 Å². The van der Waals surface area contributed by atoms with E-state index in [1.165, 1.54) is 14.0 Å². The second-order valence-electron chi connectivity index (χ2n) is 5.40. The van der Waals surface area contributed by atoms with Crippen molar-refractivity contribution in [3.05, 3.63) is 29.3 Å². The van der Waals surface area contributed by atoms with Crippen molar-refractivity contribution in [2.75, 3.05) is 13.7 Å². The van der Waals surface area contributed by atoms with Gasteiger partial charge < -0.3 is 14.8 Å². The molecule has 0 spiro atoms. The van der Waals surface area contributed by atoms with E-state index in [0.717, 1.165) is 0 Å². The lowest BCUT2D eigenvalue weighted by molar-refractivity contribution is -0.147. The van der Waals surface area contributed by atoms with Crippen molar-refractivity contribution in [2.24, 2.45) is 0 Å². The fourth-order valence-corrected chi connectivity index (χ4v) is 2.00. The first-order chi connectivity index (χ1) is 10.8. The Bertz CT molecular complexity index is 580. The van der Waals surface area contributed by atoms with Gasteiger partial charge in [-0.2, -0.15) is 0 Å². The van der Waals surface area contributed by atoms with Crippen molar-refractivity contribution in [3.8, 4) is 5.75 Å². The molecule has 1 aromatic rings. The lowest BCUT2D eigenvalue weighted by Gasteiger charge is -2.11. The zero-order valence-corrected chi connectivity index (χ0v) is 14.0. The van der Waals surface area contributed by atoms with Crippen LogP contribution in [0.15, 0.2) is 18.2 Å². The van der Waals surface area contributed by atoms with Gasteiger partial charge in [-0.3, -0.25) is 14.4 Å². The highest BCUT2D eigenvalue weighted by molar-refractivity contribution is 5.94. The maximum Gasteiger partial charge on any atom is 0.307 e. The Morgan fingerprint density at radius 3 is 2.48 bits per heavy atom. The molecule has 23 heavy (non-hydrogen) atoms. The summed E-state index contributed by atoms with van der Waals surface area (Å²) in [5.74, 6) is -0.132. The topological polar surface area (TPSA) is 81.7 Å². The summed E-state index contributed by atoms with van der Waals surface area (Å²) in [7, 11) is 1.51. The predicted octanol–water partition coefficient (Wildman–Crippen LogP) is 1.90. The molecule has 6 nitrogen and oxygen atoms in total. The molecule has 0 unspecified atom stereocenters. The average Bonchev–Trinajstić information content (AvgIpc) is 2.46. The van der Waals surface area contributed by atoms with E-state index in [0.29, 0.717) is 16.9 Å². The molecule has 0 bridgehead atoms. The molecule has 1 N–H and O–H groups in total. The van der Waals surface area contributed by atoms with Crippen molar-refractivity contribution in [2.45, 2.75) is 39.7 Å². The number of ketones is 1. The highest BCUT2D eigenvalue weighted by Crippen LogP contribution is 2.20. The largest absolute Gasteiger partial charge is 0.496 e. The van der Waals surface area contributed by atoms with Gasteiger partial charge in [0.25, 0.3) is 0 Å². The SMILES string of the molecule is COc1ccc(C(C)=O)cc1CC(=O)NCCC(=O)OC(C)C. The fraction of sp³-hybridized carbons (Fsp3) is 0.471. The van der Waals surface area contributed by atoms with E-state index in [2.05, 4.69) is 5.32 Å². The molecule has 6 heteroatoms. The first kappa shape index (κ1) is 18.7. The number of methoxy groups -OCH3 is 1. The highest BCUT2D eigenvalue weighted by atomic mass is 16.5. The Morgan fingerprint density at radius 1 is 1.22 bits per heavy atom. The minimum Gasteiger partial charge on any atom is -0.496 e. The van der Waals surface area contributed by atoms with Crippen LogP contribution in [0, 0.1) is 0 Å². The van der Waals surface area contributed by atoms with E-state index in [-0.39, 0.29) is 43.2 Å². The minimum atomic E-state index is -0.351. The van der Waals surface area contributed by atoms with Gasteiger partial charge in [0.2, 0.25) is 5.91 Å². The average molecular weight is 321 g/mol. The highest BCUT2D eigenvalue weighted by Gasteiger charge is 2.12. The molecule has 0 aliphatic heterocycles. The number of Topliss-reactive ketones (excluding diaryl/α,β-unsaturated/α-hetero) is 1. The Hall–Kier alpha value is -2.37. The molecule has 0 atom stereocenters. The maximum atomic E-state index is 12.0. The van der Waals surface area contributed by atoms with Crippen molar-refractivity contribution >= 4 is 17.7 Å². The van der Waals surface area contributed by atoms with Crippen LogP contribution in [0.3, 0.4) is 0 Å². The Balaban J connectivity index is 2.58. The quantitative estimate of drug-likeness (QED) is 0.584. The van der Waals surface area contributed by atoms with E-state index in [4.69, 9.17) is 9.47 Å². The molecular formula is C17H23NO5. The van der Waals surface area contributed by atoms with Gasteiger partial charge in [-0.15, -0.1) is 0 Å². The second kappa shape index (κ2) is 8.92. The van der Waals surface area contributed by atoms with Crippen LogP contribution in [0.25, 0.3) is 0 Å². The summed E-state index contributed by atoms with van der Waals surface area (Å²) in [6.07, 6.45) is 0.0229. The van der Waals surface area contributed by atoms with Crippen LogP contribution >= 0.6 is 0 Å². The molecule has 0 radical (unpaired) electrons. The van der Waals surface area contributed by atoms with Gasteiger partial charge in [-0.05, 0) is 39.0 Å². The third-order valence-corrected chi connectivity index (χ3v) is 3.06. The van der Waals surface area contributed by atoms with Crippen LogP contribution in [0.4, 0.5) is 0 Å². The van der Waals surface area contributed by atoms with Crippen molar-refractivity contribution in [1.82, 2.24) is 5.32 Å². The molecule has 1 amide bonds. The molecule has 0 aliphatic carbocycles. The lowest BCUT2D eigenvalue weighted by Crippen LogP contribution is -2.28. The molecule has 1 rings (SSSR count). The first-order valence-corrected chi connectivity index (χ1v) is 7.47. The molecule has 0 heterocycles. The van der Waals surface area contributed by atoms with Crippen LogP contribution in [0.2, 0.25) is 0 Å². The molecule has 0 saturated heterocycles. The van der Waals surface area contributed by atoms with E-state index in [1.807, 2.05) is 0 Å². The van der Waals surface area contributed by atoms with E-state index < -0.39 is 0 Å². The molecule has 0 fully saturated rings. The number of hydrogen-bond acceptors (Lipinski definition) is 5. The van der Waals surface area contributed by atoms with Gasteiger partial charge in [0.1, 0.15) is 5.75 Å². The number of nitrogens with one attached hydrogen (secondary N) is 1. The van der Waals surface area contributed by atoms with E-state index in [9.17, 15) is 14.4 Å². The zero-order chi connectivity index (χ0) is 17.4. The number of carbonyl (C=O) groups excluding carboxylic acids is 3. The van der Waals surface area contributed by atoms with Crippen LogP contribution in [0.1, 0.15) is 43.1 Å². The van der Waals surface area contributed by atoms with Crippen molar-refractivity contribution < 1.29 is 23.9 Å². The zero-order valence-electron chi connectivity index (χ0n) is 14.0. The van der Waals surface area contributed by atoms with Gasteiger partial charge >= 0.3 is 5.97 Å². The van der Waals surface area contributed by atoms with Crippen LogP contribution in [-0.4, -0.2) is 37.4 Å². The number of amides is 1. The summed E-state index contributed by atoms with van der Waals surface area (Å²) in [6, 6.07) is 4.97. The van der Waals surface area contributed by atoms with Crippen LogP contribution in [-0.2, 0) is 20.7 Å². The third kappa shape index (κ3) is 6.50. The first-order valence-electron chi connectivity index (χ1n) is 7.47. The maximum absolute atomic E-state index is 12.0. The van der Waals surface area contributed by atoms with Crippen molar-refractivity contribution in [3.63, 3.8) is 0 Å². The normalized spacial score (nSPS) is 10.3. The Kier molecular flexibility index (Phi) is 7.25. The number of benzene rings is 1. The summed E-state index contributed by atoms with van der Waals surface area (Å²) in [5, 5.41) is 2.66. The second-order valence-corrected chi connectivity index (χ2v) is 5.40. The lowest BCUT2D eigenvalue weighted by atomic mass is 10.0. The van der Waals surface area contributed by atoms with Gasteiger partial charge in [0.15, 0.2) is 5.78 Å². The smallest absolute Gasteiger partial charge is 0.307 e. The van der Waals surface area contributed by atoms with Gasteiger partial charge in [0.05, 0.1) is 26.1 Å². The molecule has 0 aromatic heterocycles. The molecule has 0 aliphatic rings. The van der Waals surface area contributed by atoms with E-state index in [1.54, 1.807) is 32.0 Å².